The minimum atomic E-state index is -3.73. The van der Waals surface area contributed by atoms with Crippen molar-refractivity contribution in [3.05, 3.63) is 70.3 Å². The maximum atomic E-state index is 13.4. The normalized spacial score (nSPS) is 15.1. The van der Waals surface area contributed by atoms with Crippen molar-refractivity contribution in [2.45, 2.75) is 31.3 Å². The van der Waals surface area contributed by atoms with Gasteiger partial charge in [0.1, 0.15) is 5.82 Å². The van der Waals surface area contributed by atoms with Crippen molar-refractivity contribution in [1.29, 1.82) is 0 Å². The third kappa shape index (κ3) is 4.82. The van der Waals surface area contributed by atoms with Crippen LogP contribution < -0.4 is 5.56 Å². The predicted molar refractivity (Wildman–Crippen MR) is 123 cm³/mol. The van der Waals surface area contributed by atoms with E-state index < -0.39 is 10.0 Å². The standard InChI is InChI=1S/C23H26N4O5S/c1-16(2)27(15-21-24-20-9-4-3-8-19(20)22(28)25-21)23(29)17-6-5-7-18(14-17)33(30,31)26-10-12-32-13-11-26/h3-9,14,16H,10-13,15H2,1-2H3,(H,24,25,28). The van der Waals surface area contributed by atoms with E-state index in [2.05, 4.69) is 9.97 Å². The Bertz CT molecular complexity index is 1330. The molecule has 2 aromatic carbocycles. The smallest absolute Gasteiger partial charge is 0.258 e. The van der Waals surface area contributed by atoms with Gasteiger partial charge in [0.2, 0.25) is 10.0 Å². The molecule has 1 saturated heterocycles. The summed E-state index contributed by atoms with van der Waals surface area (Å²) in [5, 5.41) is 0.477. The highest BCUT2D eigenvalue weighted by molar-refractivity contribution is 7.89. The lowest BCUT2D eigenvalue weighted by atomic mass is 10.1. The first kappa shape index (κ1) is 23.1. The fourth-order valence-electron chi connectivity index (χ4n) is 3.75. The van der Waals surface area contributed by atoms with Crippen molar-refractivity contribution in [2.24, 2.45) is 0 Å². The monoisotopic (exact) mass is 470 g/mol. The lowest BCUT2D eigenvalue weighted by Crippen LogP contribution is -2.41. The summed E-state index contributed by atoms with van der Waals surface area (Å²) in [6.07, 6.45) is 0. The van der Waals surface area contributed by atoms with E-state index in [9.17, 15) is 18.0 Å². The average molecular weight is 471 g/mol. The molecule has 0 atom stereocenters. The topological polar surface area (TPSA) is 113 Å². The van der Waals surface area contributed by atoms with Crippen LogP contribution in [-0.4, -0.2) is 65.8 Å². The van der Waals surface area contributed by atoms with Crippen molar-refractivity contribution in [3.63, 3.8) is 0 Å². The van der Waals surface area contributed by atoms with E-state index in [-0.39, 0.29) is 47.6 Å². The second kappa shape index (κ2) is 9.42. The minimum absolute atomic E-state index is 0.0659. The first-order chi connectivity index (χ1) is 15.8. The number of sulfonamides is 1. The second-order valence-electron chi connectivity index (χ2n) is 8.10. The van der Waals surface area contributed by atoms with Crippen molar-refractivity contribution in [1.82, 2.24) is 19.2 Å². The van der Waals surface area contributed by atoms with E-state index in [4.69, 9.17) is 4.74 Å². The Morgan fingerprint density at radius 1 is 1.15 bits per heavy atom. The molecule has 1 aliphatic rings. The molecule has 0 aliphatic carbocycles. The molecule has 9 nitrogen and oxygen atoms in total. The largest absolute Gasteiger partial charge is 0.379 e. The molecule has 3 aromatic rings. The van der Waals surface area contributed by atoms with Gasteiger partial charge in [0.25, 0.3) is 11.5 Å². The SMILES string of the molecule is CC(C)N(Cc1nc2ccccc2c(=O)[nH]1)C(=O)c1cccc(S(=O)(=O)N2CCOCC2)c1. The van der Waals surface area contributed by atoms with Crippen LogP contribution in [0.2, 0.25) is 0 Å². The number of carbonyl (C=O) groups excluding carboxylic acids is 1. The number of H-pyrrole nitrogens is 1. The number of hydrogen-bond acceptors (Lipinski definition) is 6. The molecule has 0 spiro atoms. The molecule has 0 unspecified atom stereocenters. The van der Waals surface area contributed by atoms with E-state index in [1.807, 2.05) is 13.8 Å². The number of nitrogens with zero attached hydrogens (tertiary/aromatic N) is 3. The maximum Gasteiger partial charge on any atom is 0.258 e. The number of carbonyl (C=O) groups is 1. The number of aromatic amines is 1. The molecule has 10 heteroatoms. The van der Waals surface area contributed by atoms with Gasteiger partial charge in [-0.25, -0.2) is 13.4 Å². The first-order valence-electron chi connectivity index (χ1n) is 10.7. The van der Waals surface area contributed by atoms with Crippen LogP contribution >= 0.6 is 0 Å². The quantitative estimate of drug-likeness (QED) is 0.590. The Morgan fingerprint density at radius 2 is 1.88 bits per heavy atom. The molecule has 1 N–H and O–H groups in total. The zero-order chi connectivity index (χ0) is 23.6. The van der Waals surface area contributed by atoms with Crippen LogP contribution in [0.3, 0.4) is 0 Å². The summed E-state index contributed by atoms with van der Waals surface area (Å²) in [5.41, 5.74) is 0.525. The van der Waals surface area contributed by atoms with Gasteiger partial charge in [0, 0.05) is 24.7 Å². The fraction of sp³-hybridized carbons (Fsp3) is 0.348. The van der Waals surface area contributed by atoms with Gasteiger partial charge in [-0.1, -0.05) is 18.2 Å². The predicted octanol–water partition coefficient (Wildman–Crippen LogP) is 1.99. The van der Waals surface area contributed by atoms with Gasteiger partial charge in [-0.05, 0) is 44.2 Å². The van der Waals surface area contributed by atoms with Crippen LogP contribution in [-0.2, 0) is 21.3 Å². The zero-order valence-corrected chi connectivity index (χ0v) is 19.3. The molecule has 1 fully saturated rings. The van der Waals surface area contributed by atoms with Crippen LogP contribution in [0.15, 0.2) is 58.2 Å². The third-order valence-corrected chi connectivity index (χ3v) is 7.45. The van der Waals surface area contributed by atoms with Gasteiger partial charge >= 0.3 is 0 Å². The van der Waals surface area contributed by atoms with Crippen LogP contribution in [0.1, 0.15) is 30.0 Å². The number of hydrogen-bond donors (Lipinski definition) is 1. The Hall–Kier alpha value is -3.08. The number of morpholine rings is 1. The van der Waals surface area contributed by atoms with Crippen molar-refractivity contribution < 1.29 is 17.9 Å². The Kier molecular flexibility index (Phi) is 6.59. The molecule has 0 saturated carbocycles. The molecule has 0 bridgehead atoms. The molecule has 174 valence electrons. The Morgan fingerprint density at radius 3 is 2.61 bits per heavy atom. The maximum absolute atomic E-state index is 13.4. The molecular formula is C23H26N4O5S. The van der Waals surface area contributed by atoms with Crippen molar-refractivity contribution in [3.8, 4) is 0 Å². The fourth-order valence-corrected chi connectivity index (χ4v) is 5.21. The summed E-state index contributed by atoms with van der Waals surface area (Å²) in [7, 11) is -3.73. The van der Waals surface area contributed by atoms with Crippen molar-refractivity contribution in [2.75, 3.05) is 26.3 Å². The summed E-state index contributed by atoms with van der Waals surface area (Å²) in [4.78, 5) is 34.6. The Labute approximate surface area is 192 Å². The van der Waals surface area contributed by atoms with Gasteiger partial charge in [0.15, 0.2) is 0 Å². The summed E-state index contributed by atoms with van der Waals surface area (Å²) in [6, 6.07) is 12.8. The number of aromatic nitrogens is 2. The highest BCUT2D eigenvalue weighted by Crippen LogP contribution is 2.20. The van der Waals surface area contributed by atoms with Crippen LogP contribution in [0.25, 0.3) is 10.9 Å². The number of fused-ring (bicyclic) bond motifs is 1. The van der Waals surface area contributed by atoms with Gasteiger partial charge in [-0.15, -0.1) is 0 Å². The number of amides is 1. The molecule has 2 heterocycles. The van der Waals surface area contributed by atoms with Crippen LogP contribution in [0, 0.1) is 0 Å². The van der Waals surface area contributed by atoms with E-state index in [1.54, 1.807) is 41.3 Å². The van der Waals surface area contributed by atoms with Gasteiger partial charge in [-0.3, -0.25) is 9.59 Å². The van der Waals surface area contributed by atoms with Gasteiger partial charge in [0.05, 0.1) is 35.6 Å². The first-order valence-corrected chi connectivity index (χ1v) is 12.2. The third-order valence-electron chi connectivity index (χ3n) is 5.56. The summed E-state index contributed by atoms with van der Waals surface area (Å²) in [5.74, 6) is 0.0117. The molecular weight excluding hydrogens is 444 g/mol. The number of nitrogens with one attached hydrogen (secondary N) is 1. The van der Waals surface area contributed by atoms with E-state index in [1.165, 1.54) is 16.4 Å². The van der Waals surface area contributed by atoms with Gasteiger partial charge < -0.3 is 14.6 Å². The lowest BCUT2D eigenvalue weighted by Gasteiger charge is -2.28. The molecule has 1 amide bonds. The minimum Gasteiger partial charge on any atom is -0.379 e. The molecule has 1 aliphatic heterocycles. The lowest BCUT2D eigenvalue weighted by molar-refractivity contribution is 0.0684. The van der Waals surface area contributed by atoms with Crippen molar-refractivity contribution >= 4 is 26.8 Å². The van der Waals surface area contributed by atoms with Crippen LogP contribution in [0.4, 0.5) is 0 Å². The molecule has 1 aromatic heterocycles. The van der Waals surface area contributed by atoms with Gasteiger partial charge in [-0.2, -0.15) is 4.31 Å². The number of rotatable bonds is 6. The summed E-state index contributed by atoms with van der Waals surface area (Å²) < 4.78 is 32.6. The van der Waals surface area contributed by atoms with E-state index in [0.29, 0.717) is 29.9 Å². The Balaban J connectivity index is 1.63. The number of ether oxygens (including phenoxy) is 1. The summed E-state index contributed by atoms with van der Waals surface area (Å²) >= 11 is 0. The highest BCUT2D eigenvalue weighted by Gasteiger charge is 2.28. The van der Waals surface area contributed by atoms with E-state index >= 15 is 0 Å². The number of benzene rings is 2. The second-order valence-corrected chi connectivity index (χ2v) is 10.0. The molecule has 33 heavy (non-hydrogen) atoms. The summed E-state index contributed by atoms with van der Waals surface area (Å²) in [6.45, 7) is 5.03. The molecule has 0 radical (unpaired) electrons. The zero-order valence-electron chi connectivity index (χ0n) is 18.5. The molecule has 4 rings (SSSR count). The van der Waals surface area contributed by atoms with Crippen LogP contribution in [0.5, 0.6) is 0 Å². The number of para-hydroxylation sites is 1. The van der Waals surface area contributed by atoms with E-state index in [0.717, 1.165) is 0 Å². The average Bonchev–Trinajstić information content (AvgIpc) is 2.82. The highest BCUT2D eigenvalue weighted by atomic mass is 32.2.